The molecule has 0 fully saturated rings. The first-order valence-corrected chi connectivity index (χ1v) is 7.71. The third-order valence-electron chi connectivity index (χ3n) is 3.47. The van der Waals surface area contributed by atoms with Gasteiger partial charge in [-0.2, -0.15) is 5.10 Å². The fourth-order valence-electron chi connectivity index (χ4n) is 2.27. The van der Waals surface area contributed by atoms with Crippen LogP contribution in [0.5, 0.6) is 0 Å². The van der Waals surface area contributed by atoms with Gasteiger partial charge >= 0.3 is 0 Å². The van der Waals surface area contributed by atoms with E-state index in [1.165, 1.54) is 5.56 Å². The van der Waals surface area contributed by atoms with Crippen molar-refractivity contribution in [2.24, 2.45) is 0 Å². The Labute approximate surface area is 132 Å². The Balaban J connectivity index is 1.69. The molecule has 1 N–H and O–H groups in total. The average Bonchev–Trinajstić information content (AvgIpc) is 2.84. The number of hydrogen-bond acceptors (Lipinski definition) is 3. The van der Waals surface area contributed by atoms with E-state index in [0.717, 1.165) is 27.9 Å². The first-order chi connectivity index (χ1) is 10.1. The lowest BCUT2D eigenvalue weighted by atomic mass is 10.1. The van der Waals surface area contributed by atoms with E-state index in [2.05, 4.69) is 62.5 Å². The summed E-state index contributed by atoms with van der Waals surface area (Å²) in [5.41, 5.74) is 4.25. The molecule has 0 aliphatic heterocycles. The molecule has 108 valence electrons. The van der Waals surface area contributed by atoms with E-state index in [9.17, 15) is 0 Å². The number of rotatable bonds is 4. The molecule has 0 bridgehead atoms. The molecule has 21 heavy (non-hydrogen) atoms. The van der Waals surface area contributed by atoms with Crippen molar-refractivity contribution in [1.29, 1.82) is 0 Å². The topological polar surface area (TPSA) is 42.2 Å². The molecule has 0 spiro atoms. The van der Waals surface area contributed by atoms with E-state index in [1.54, 1.807) is 0 Å². The molecule has 1 atom stereocenters. The number of nitrogens with one attached hydrogen (secondary N) is 1. The molecule has 0 aliphatic rings. The molecular weight excluding hydrogens is 328 g/mol. The van der Waals surface area contributed by atoms with Gasteiger partial charge in [0.1, 0.15) is 0 Å². The summed E-state index contributed by atoms with van der Waals surface area (Å²) in [7, 11) is 0. The van der Waals surface area contributed by atoms with E-state index in [0.29, 0.717) is 0 Å². The predicted molar refractivity (Wildman–Crippen MR) is 87.1 cm³/mol. The molecule has 4 nitrogen and oxygen atoms in total. The lowest BCUT2D eigenvalue weighted by Gasteiger charge is -2.14. The van der Waals surface area contributed by atoms with Gasteiger partial charge in [0.15, 0.2) is 5.65 Å². The van der Waals surface area contributed by atoms with Crippen molar-refractivity contribution in [1.82, 2.24) is 19.9 Å². The third kappa shape index (κ3) is 3.31. The molecular formula is C16H17BrN4. The maximum atomic E-state index is 4.42. The molecule has 0 aliphatic carbocycles. The molecule has 0 saturated carbocycles. The van der Waals surface area contributed by atoms with E-state index >= 15 is 0 Å². The number of aromatic nitrogens is 3. The second kappa shape index (κ2) is 5.95. The normalized spacial score (nSPS) is 12.7. The lowest BCUT2D eigenvalue weighted by molar-refractivity contribution is 0.572. The Morgan fingerprint density at radius 3 is 2.81 bits per heavy atom. The van der Waals surface area contributed by atoms with Crippen LogP contribution in [-0.4, -0.2) is 14.6 Å². The number of halogens is 1. The maximum absolute atomic E-state index is 4.42. The summed E-state index contributed by atoms with van der Waals surface area (Å²) < 4.78 is 2.93. The minimum Gasteiger partial charge on any atom is -0.306 e. The number of benzene rings is 1. The number of hydrogen-bond donors (Lipinski definition) is 1. The zero-order chi connectivity index (χ0) is 14.8. The molecule has 3 rings (SSSR count). The largest absolute Gasteiger partial charge is 0.306 e. The van der Waals surface area contributed by atoms with Gasteiger partial charge in [0, 0.05) is 41.1 Å². The van der Waals surface area contributed by atoms with E-state index in [4.69, 9.17) is 0 Å². The van der Waals surface area contributed by atoms with Gasteiger partial charge in [0.2, 0.25) is 0 Å². The Morgan fingerprint density at radius 2 is 2.05 bits per heavy atom. The van der Waals surface area contributed by atoms with Crippen molar-refractivity contribution in [3.05, 3.63) is 64.0 Å². The zero-order valence-corrected chi connectivity index (χ0v) is 13.6. The van der Waals surface area contributed by atoms with Crippen LogP contribution in [0, 0.1) is 6.92 Å². The van der Waals surface area contributed by atoms with Crippen molar-refractivity contribution < 1.29 is 0 Å². The summed E-state index contributed by atoms with van der Waals surface area (Å²) in [5, 5.41) is 7.90. The summed E-state index contributed by atoms with van der Waals surface area (Å²) in [6.45, 7) is 4.90. The monoisotopic (exact) mass is 344 g/mol. The molecule has 2 aromatic heterocycles. The molecule has 0 radical (unpaired) electrons. The highest BCUT2D eigenvalue weighted by atomic mass is 79.9. The minimum absolute atomic E-state index is 0.285. The van der Waals surface area contributed by atoms with Gasteiger partial charge in [-0.05, 0) is 31.5 Å². The maximum Gasteiger partial charge on any atom is 0.155 e. The van der Waals surface area contributed by atoms with Crippen LogP contribution in [-0.2, 0) is 6.54 Å². The Kier molecular flexibility index (Phi) is 4.03. The molecule has 2 heterocycles. The number of fused-ring (bicyclic) bond motifs is 1. The van der Waals surface area contributed by atoms with Crippen LogP contribution in [0.25, 0.3) is 5.65 Å². The fourth-order valence-corrected chi connectivity index (χ4v) is 2.53. The summed E-state index contributed by atoms with van der Waals surface area (Å²) in [6, 6.07) is 10.6. The molecule has 0 saturated heterocycles. The summed E-state index contributed by atoms with van der Waals surface area (Å²) >= 11 is 3.46. The molecule has 3 aromatic rings. The SMILES string of the molecule is Cc1cc2ncc(CN[C@@H](C)c3ccc(Br)cc3)cn2n1. The summed E-state index contributed by atoms with van der Waals surface area (Å²) in [4.78, 5) is 4.42. The van der Waals surface area contributed by atoms with E-state index in [1.807, 2.05) is 29.9 Å². The van der Waals surface area contributed by atoms with Gasteiger partial charge in [-0.1, -0.05) is 28.1 Å². The standard InChI is InChI=1S/C16H17BrN4/c1-11-7-16-19-9-13(10-21(16)20-11)8-18-12(2)14-3-5-15(17)6-4-14/h3-7,9-10,12,18H,8H2,1-2H3/t12-/m0/s1. The van der Waals surface area contributed by atoms with Crippen molar-refractivity contribution in [3.63, 3.8) is 0 Å². The minimum atomic E-state index is 0.285. The van der Waals surface area contributed by atoms with Gasteiger partial charge in [-0.25, -0.2) is 9.50 Å². The number of aryl methyl sites for hydroxylation is 1. The highest BCUT2D eigenvalue weighted by molar-refractivity contribution is 9.10. The van der Waals surface area contributed by atoms with Crippen molar-refractivity contribution in [2.45, 2.75) is 26.4 Å². The molecule has 0 unspecified atom stereocenters. The van der Waals surface area contributed by atoms with Crippen molar-refractivity contribution >= 4 is 21.6 Å². The molecule has 1 aromatic carbocycles. The Hall–Kier alpha value is -1.72. The van der Waals surface area contributed by atoms with Crippen LogP contribution >= 0.6 is 15.9 Å². The van der Waals surface area contributed by atoms with Crippen LogP contribution < -0.4 is 5.32 Å². The first kappa shape index (κ1) is 14.2. The summed E-state index contributed by atoms with van der Waals surface area (Å²) in [5.74, 6) is 0. The Bertz CT molecular complexity index is 749. The van der Waals surface area contributed by atoms with Gasteiger partial charge in [0.25, 0.3) is 0 Å². The van der Waals surface area contributed by atoms with Crippen molar-refractivity contribution in [2.75, 3.05) is 0 Å². The van der Waals surface area contributed by atoms with Gasteiger partial charge < -0.3 is 5.32 Å². The van der Waals surface area contributed by atoms with Crippen LogP contribution in [0.2, 0.25) is 0 Å². The van der Waals surface area contributed by atoms with Crippen LogP contribution in [0.4, 0.5) is 0 Å². The predicted octanol–water partition coefficient (Wildman–Crippen LogP) is 3.65. The fraction of sp³-hybridized carbons (Fsp3) is 0.250. The highest BCUT2D eigenvalue weighted by Gasteiger charge is 2.06. The second-order valence-electron chi connectivity index (χ2n) is 5.20. The highest BCUT2D eigenvalue weighted by Crippen LogP contribution is 2.17. The summed E-state index contributed by atoms with van der Waals surface area (Å²) in [6.07, 6.45) is 3.92. The van der Waals surface area contributed by atoms with E-state index in [-0.39, 0.29) is 6.04 Å². The van der Waals surface area contributed by atoms with Gasteiger partial charge in [-0.3, -0.25) is 0 Å². The zero-order valence-electron chi connectivity index (χ0n) is 12.0. The van der Waals surface area contributed by atoms with Gasteiger partial charge in [-0.15, -0.1) is 0 Å². The first-order valence-electron chi connectivity index (χ1n) is 6.91. The molecule has 0 amide bonds. The Morgan fingerprint density at radius 1 is 1.29 bits per heavy atom. The van der Waals surface area contributed by atoms with Gasteiger partial charge in [0.05, 0.1) is 5.69 Å². The van der Waals surface area contributed by atoms with Crippen LogP contribution in [0.3, 0.4) is 0 Å². The lowest BCUT2D eigenvalue weighted by Crippen LogP contribution is -2.18. The quantitative estimate of drug-likeness (QED) is 0.785. The second-order valence-corrected chi connectivity index (χ2v) is 6.12. The van der Waals surface area contributed by atoms with Crippen LogP contribution in [0.15, 0.2) is 47.2 Å². The molecule has 5 heteroatoms. The average molecular weight is 345 g/mol. The van der Waals surface area contributed by atoms with E-state index < -0.39 is 0 Å². The number of nitrogens with zero attached hydrogens (tertiary/aromatic N) is 3. The van der Waals surface area contributed by atoms with Crippen molar-refractivity contribution in [3.8, 4) is 0 Å². The third-order valence-corrected chi connectivity index (χ3v) is 4.00. The smallest absolute Gasteiger partial charge is 0.155 e. The van der Waals surface area contributed by atoms with Crippen LogP contribution in [0.1, 0.15) is 29.8 Å².